The van der Waals surface area contributed by atoms with Gasteiger partial charge in [-0.05, 0) is 54.9 Å². The zero-order valence-corrected chi connectivity index (χ0v) is 20.4. The Labute approximate surface area is 205 Å². The summed E-state index contributed by atoms with van der Waals surface area (Å²) in [6.45, 7) is 9.42. The Balaban J connectivity index is 1.62. The lowest BCUT2D eigenvalue weighted by molar-refractivity contribution is -0.110. The maximum atomic E-state index is 12.9. The fourth-order valence-corrected chi connectivity index (χ4v) is 4.47. The number of amides is 2. The number of nitrogens with one attached hydrogen (secondary N) is 2. The third-order valence-electron chi connectivity index (χ3n) is 6.14. The minimum atomic E-state index is -0.180. The van der Waals surface area contributed by atoms with Crippen molar-refractivity contribution in [2.24, 2.45) is 0 Å². The highest BCUT2D eigenvalue weighted by Crippen LogP contribution is 2.40. The molecule has 1 aliphatic rings. The van der Waals surface area contributed by atoms with E-state index in [9.17, 15) is 9.59 Å². The van der Waals surface area contributed by atoms with Crippen LogP contribution >= 0.6 is 11.6 Å². The summed E-state index contributed by atoms with van der Waals surface area (Å²) in [5, 5.41) is 6.58. The van der Waals surface area contributed by atoms with Crippen molar-refractivity contribution in [3.63, 3.8) is 0 Å². The average molecular weight is 477 g/mol. The van der Waals surface area contributed by atoms with Crippen molar-refractivity contribution in [3.05, 3.63) is 76.6 Å². The van der Waals surface area contributed by atoms with Crippen LogP contribution in [0.2, 0.25) is 5.02 Å². The second-order valence-corrected chi connectivity index (χ2v) is 8.76. The molecule has 1 aromatic heterocycles. The number of rotatable bonds is 8. The number of hydrogen-bond acceptors (Lipinski definition) is 3. The number of benzene rings is 2. The van der Waals surface area contributed by atoms with E-state index in [1.165, 1.54) is 0 Å². The first-order valence-corrected chi connectivity index (χ1v) is 11.9. The summed E-state index contributed by atoms with van der Waals surface area (Å²) in [4.78, 5) is 27.9. The van der Waals surface area contributed by atoms with E-state index in [1.807, 2.05) is 55.6 Å². The molecule has 4 rings (SSSR count). The molecule has 1 aliphatic heterocycles. The van der Waals surface area contributed by atoms with Gasteiger partial charge in [-0.25, -0.2) is 0 Å². The van der Waals surface area contributed by atoms with Crippen molar-refractivity contribution < 1.29 is 9.59 Å². The summed E-state index contributed by atoms with van der Waals surface area (Å²) in [5.74, 6) is -0.293. The van der Waals surface area contributed by atoms with Gasteiger partial charge in [-0.1, -0.05) is 49.7 Å². The Hall–Kier alpha value is -3.35. The van der Waals surface area contributed by atoms with E-state index in [2.05, 4.69) is 29.4 Å². The van der Waals surface area contributed by atoms with E-state index in [4.69, 9.17) is 11.6 Å². The predicted molar refractivity (Wildman–Crippen MR) is 139 cm³/mol. The average Bonchev–Trinajstić information content (AvgIpc) is 3.35. The van der Waals surface area contributed by atoms with Crippen molar-refractivity contribution in [1.82, 2.24) is 14.8 Å². The molecule has 0 bridgehead atoms. The van der Waals surface area contributed by atoms with E-state index in [1.54, 1.807) is 17.0 Å². The van der Waals surface area contributed by atoms with Gasteiger partial charge in [-0.2, -0.15) is 0 Å². The van der Waals surface area contributed by atoms with E-state index in [0.717, 1.165) is 47.6 Å². The Morgan fingerprint density at radius 2 is 1.91 bits per heavy atom. The maximum Gasteiger partial charge on any atom is 0.257 e. The number of halogens is 1. The largest absolute Gasteiger partial charge is 0.351 e. The molecule has 0 unspecified atom stereocenters. The zero-order chi connectivity index (χ0) is 24.2. The van der Waals surface area contributed by atoms with E-state index < -0.39 is 0 Å². The second-order valence-electron chi connectivity index (χ2n) is 8.32. The molecule has 0 saturated heterocycles. The van der Waals surface area contributed by atoms with Gasteiger partial charge >= 0.3 is 0 Å². The fourth-order valence-electron chi connectivity index (χ4n) is 4.27. The van der Waals surface area contributed by atoms with Crippen LogP contribution in [0.25, 0.3) is 22.9 Å². The smallest absolute Gasteiger partial charge is 0.257 e. The number of anilines is 1. The van der Waals surface area contributed by atoms with Gasteiger partial charge < -0.3 is 20.1 Å². The van der Waals surface area contributed by atoms with Gasteiger partial charge in [0.05, 0.1) is 11.1 Å². The van der Waals surface area contributed by atoms with Gasteiger partial charge in [-0.3, -0.25) is 9.59 Å². The SMILES string of the molecule is CCN(CC)CCNC(=O)c1cn(/C=C2\C(=O)Nc3cccc(-c4cccc(Cl)c4)c32)cc1C. The Kier molecular flexibility index (Phi) is 7.20. The molecule has 2 amide bonds. The molecule has 2 heterocycles. The van der Waals surface area contributed by atoms with Crippen LogP contribution in [0.5, 0.6) is 0 Å². The third-order valence-corrected chi connectivity index (χ3v) is 6.37. The molecular weight excluding hydrogens is 448 g/mol. The Morgan fingerprint density at radius 3 is 2.65 bits per heavy atom. The molecule has 0 aliphatic carbocycles. The first kappa shape index (κ1) is 23.8. The number of aromatic nitrogens is 1. The van der Waals surface area contributed by atoms with E-state index in [-0.39, 0.29) is 11.8 Å². The number of carbonyl (C=O) groups excluding carboxylic acids is 2. The molecule has 6 nitrogen and oxygen atoms in total. The van der Waals surface area contributed by atoms with Crippen LogP contribution in [0.1, 0.15) is 35.3 Å². The summed E-state index contributed by atoms with van der Waals surface area (Å²) in [6, 6.07) is 13.4. The van der Waals surface area contributed by atoms with Crippen LogP contribution in [-0.4, -0.2) is 47.5 Å². The number of carbonyl (C=O) groups is 2. The van der Waals surface area contributed by atoms with Gasteiger partial charge in [-0.15, -0.1) is 0 Å². The normalized spacial score (nSPS) is 13.9. The Morgan fingerprint density at radius 1 is 1.15 bits per heavy atom. The molecule has 0 atom stereocenters. The molecule has 7 heteroatoms. The van der Waals surface area contributed by atoms with E-state index in [0.29, 0.717) is 22.7 Å². The molecule has 3 aromatic rings. The minimum absolute atomic E-state index is 0.113. The molecule has 34 heavy (non-hydrogen) atoms. The topological polar surface area (TPSA) is 66.4 Å². The number of hydrogen-bond donors (Lipinski definition) is 2. The predicted octanol–water partition coefficient (Wildman–Crippen LogP) is 5.14. The molecule has 2 N–H and O–H groups in total. The van der Waals surface area contributed by atoms with Gasteiger partial charge in [0, 0.05) is 48.0 Å². The first-order chi connectivity index (χ1) is 16.4. The number of likely N-dealkylation sites (N-methyl/N-ethyl adjacent to an activating group) is 1. The van der Waals surface area contributed by atoms with Crippen LogP contribution in [0, 0.1) is 6.92 Å². The molecule has 0 fully saturated rings. The highest BCUT2D eigenvalue weighted by atomic mass is 35.5. The second kappa shape index (κ2) is 10.3. The fraction of sp³-hybridized carbons (Fsp3) is 0.259. The zero-order valence-electron chi connectivity index (χ0n) is 19.7. The van der Waals surface area contributed by atoms with Crippen molar-refractivity contribution in [1.29, 1.82) is 0 Å². The quantitative estimate of drug-likeness (QED) is 0.442. The van der Waals surface area contributed by atoms with Crippen LogP contribution in [0.4, 0.5) is 5.69 Å². The van der Waals surface area contributed by atoms with Crippen LogP contribution < -0.4 is 10.6 Å². The summed E-state index contributed by atoms with van der Waals surface area (Å²) >= 11 is 6.22. The van der Waals surface area contributed by atoms with Crippen molar-refractivity contribution in [3.8, 4) is 11.1 Å². The molecule has 0 radical (unpaired) electrons. The molecule has 0 saturated carbocycles. The van der Waals surface area contributed by atoms with Crippen LogP contribution in [0.15, 0.2) is 54.9 Å². The molecular formula is C27H29ClN4O2. The number of nitrogens with zero attached hydrogens (tertiary/aromatic N) is 2. The molecule has 176 valence electrons. The Bertz CT molecular complexity index is 1260. The summed E-state index contributed by atoms with van der Waals surface area (Å²) < 4.78 is 1.79. The summed E-state index contributed by atoms with van der Waals surface area (Å²) in [5.41, 5.74) is 5.41. The molecule has 0 spiro atoms. The lowest BCUT2D eigenvalue weighted by Crippen LogP contribution is -2.34. The number of aryl methyl sites for hydroxylation is 1. The van der Waals surface area contributed by atoms with Gasteiger partial charge in [0.15, 0.2) is 0 Å². The standard InChI is InChI=1S/C27H29ClN4O2/c1-4-31(5-2)13-12-29-26(33)22-16-32(15-18(22)3)17-23-25-21(19-8-6-9-20(28)14-19)10-7-11-24(25)30-27(23)34/h6-11,14-17H,4-5,12-13H2,1-3H3,(H,29,33)(H,30,34)/b23-17-. The summed E-state index contributed by atoms with van der Waals surface area (Å²) in [6.07, 6.45) is 5.40. The maximum absolute atomic E-state index is 12.9. The first-order valence-electron chi connectivity index (χ1n) is 11.5. The lowest BCUT2D eigenvalue weighted by Gasteiger charge is -2.17. The highest BCUT2D eigenvalue weighted by Gasteiger charge is 2.27. The lowest BCUT2D eigenvalue weighted by atomic mass is 9.95. The van der Waals surface area contributed by atoms with Crippen LogP contribution in [0.3, 0.4) is 0 Å². The molecule has 2 aromatic carbocycles. The van der Waals surface area contributed by atoms with Crippen molar-refractivity contribution in [2.45, 2.75) is 20.8 Å². The van der Waals surface area contributed by atoms with Crippen molar-refractivity contribution >= 4 is 40.9 Å². The van der Waals surface area contributed by atoms with Crippen LogP contribution in [-0.2, 0) is 4.79 Å². The number of fused-ring (bicyclic) bond motifs is 1. The van der Waals surface area contributed by atoms with E-state index >= 15 is 0 Å². The van der Waals surface area contributed by atoms with Gasteiger partial charge in [0.2, 0.25) is 0 Å². The highest BCUT2D eigenvalue weighted by molar-refractivity contribution is 6.35. The third kappa shape index (κ3) is 4.93. The van der Waals surface area contributed by atoms with Gasteiger partial charge in [0.1, 0.15) is 0 Å². The summed E-state index contributed by atoms with van der Waals surface area (Å²) in [7, 11) is 0. The monoisotopic (exact) mass is 476 g/mol. The van der Waals surface area contributed by atoms with Gasteiger partial charge in [0.25, 0.3) is 11.8 Å². The van der Waals surface area contributed by atoms with Crippen molar-refractivity contribution in [2.75, 3.05) is 31.5 Å². The minimum Gasteiger partial charge on any atom is -0.351 e.